The van der Waals surface area contributed by atoms with E-state index >= 15 is 0 Å². The summed E-state index contributed by atoms with van der Waals surface area (Å²) in [7, 11) is 0. The van der Waals surface area contributed by atoms with Gasteiger partial charge in [0.15, 0.2) is 0 Å². The molecule has 1 unspecified atom stereocenters. The molecular weight excluding hydrogens is 320 g/mol. The lowest BCUT2D eigenvalue weighted by molar-refractivity contribution is -0.138. The minimum absolute atomic E-state index is 0.00772. The largest absolute Gasteiger partial charge is 0.481 e. The molecule has 1 atom stereocenters. The summed E-state index contributed by atoms with van der Waals surface area (Å²) in [6.07, 6.45) is 1.62. The second-order valence-electron chi connectivity index (χ2n) is 4.69. The van der Waals surface area contributed by atoms with Gasteiger partial charge in [0.1, 0.15) is 11.6 Å². The maximum absolute atomic E-state index is 13.9. The van der Waals surface area contributed by atoms with E-state index in [-0.39, 0.29) is 29.0 Å². The van der Waals surface area contributed by atoms with E-state index in [9.17, 15) is 13.6 Å². The van der Waals surface area contributed by atoms with E-state index < -0.39 is 17.6 Å². The minimum atomic E-state index is -0.882. The van der Waals surface area contributed by atoms with Crippen LogP contribution >= 0.6 is 15.9 Å². The van der Waals surface area contributed by atoms with E-state index in [0.29, 0.717) is 6.54 Å². The molecule has 0 amide bonds. The van der Waals surface area contributed by atoms with E-state index in [4.69, 9.17) is 5.11 Å². The molecule has 0 aromatic heterocycles. The third-order valence-electron chi connectivity index (χ3n) is 3.41. The summed E-state index contributed by atoms with van der Waals surface area (Å²) >= 11 is 3.03. The third-order valence-corrected chi connectivity index (χ3v) is 4.02. The van der Waals surface area contributed by atoms with Crippen molar-refractivity contribution in [2.75, 3.05) is 6.54 Å². The summed E-state index contributed by atoms with van der Waals surface area (Å²) in [6, 6.07) is 2.40. The third kappa shape index (κ3) is 3.30. The van der Waals surface area contributed by atoms with Crippen LogP contribution in [-0.4, -0.2) is 28.6 Å². The predicted octanol–water partition coefficient (Wildman–Crippen LogP) is 3.17. The lowest BCUT2D eigenvalue weighted by Gasteiger charge is -2.23. The second kappa shape index (κ2) is 5.96. The fourth-order valence-electron chi connectivity index (χ4n) is 2.45. The molecule has 1 heterocycles. The summed E-state index contributed by atoms with van der Waals surface area (Å²) in [5.74, 6) is -2.09. The number of halogens is 3. The number of rotatable bonds is 4. The predicted molar refractivity (Wildman–Crippen MR) is 69.7 cm³/mol. The molecule has 1 aromatic rings. The highest BCUT2D eigenvalue weighted by molar-refractivity contribution is 9.10. The number of aliphatic carboxylic acids is 1. The molecule has 2 rings (SSSR count). The Hall–Kier alpha value is -1.01. The number of carboxylic acid groups (broad SMARTS) is 1. The Morgan fingerprint density at radius 3 is 2.89 bits per heavy atom. The molecule has 0 spiro atoms. The van der Waals surface area contributed by atoms with Crippen LogP contribution in [-0.2, 0) is 11.3 Å². The van der Waals surface area contributed by atoms with Gasteiger partial charge in [0.2, 0.25) is 0 Å². The number of hydrogen-bond donors (Lipinski definition) is 1. The fraction of sp³-hybridized carbons (Fsp3) is 0.462. The summed E-state index contributed by atoms with van der Waals surface area (Å²) in [4.78, 5) is 12.6. The Labute approximate surface area is 118 Å². The van der Waals surface area contributed by atoms with Gasteiger partial charge < -0.3 is 5.11 Å². The number of carbonyl (C=O) groups is 1. The quantitative estimate of drug-likeness (QED) is 0.860. The molecule has 1 fully saturated rings. The molecule has 1 saturated heterocycles. The highest BCUT2D eigenvalue weighted by Crippen LogP contribution is 2.27. The zero-order chi connectivity index (χ0) is 14.0. The molecule has 3 nitrogen and oxygen atoms in total. The first kappa shape index (κ1) is 14.4. The standard InChI is InChI=1S/C13H14BrF2NO2/c14-10-3-4-11(15)9(13(10)16)7-17-5-1-2-8(17)6-12(18)19/h3-4,8H,1-2,5-7H2,(H,18,19). The van der Waals surface area contributed by atoms with Gasteiger partial charge in [0, 0.05) is 18.2 Å². The number of benzene rings is 1. The lowest BCUT2D eigenvalue weighted by Crippen LogP contribution is -2.31. The molecule has 0 saturated carbocycles. The van der Waals surface area contributed by atoms with E-state index in [1.807, 2.05) is 4.90 Å². The van der Waals surface area contributed by atoms with Crippen molar-refractivity contribution < 1.29 is 18.7 Å². The van der Waals surface area contributed by atoms with Crippen LogP contribution in [0, 0.1) is 11.6 Å². The first-order valence-electron chi connectivity index (χ1n) is 6.07. The molecule has 1 aliphatic rings. The van der Waals surface area contributed by atoms with Crippen molar-refractivity contribution in [3.63, 3.8) is 0 Å². The zero-order valence-corrected chi connectivity index (χ0v) is 11.8. The Kier molecular flexibility index (Phi) is 4.52. The molecule has 104 valence electrons. The second-order valence-corrected chi connectivity index (χ2v) is 5.54. The Balaban J connectivity index is 2.16. The summed E-state index contributed by atoms with van der Waals surface area (Å²) < 4.78 is 27.8. The molecular formula is C13H14BrF2NO2. The van der Waals surface area contributed by atoms with E-state index in [1.165, 1.54) is 12.1 Å². The van der Waals surface area contributed by atoms with Crippen molar-refractivity contribution in [1.29, 1.82) is 0 Å². The topological polar surface area (TPSA) is 40.5 Å². The van der Waals surface area contributed by atoms with Crippen LogP contribution < -0.4 is 0 Å². The van der Waals surface area contributed by atoms with Crippen molar-refractivity contribution in [2.24, 2.45) is 0 Å². The van der Waals surface area contributed by atoms with Crippen LogP contribution in [0.5, 0.6) is 0 Å². The van der Waals surface area contributed by atoms with Crippen LogP contribution in [0.1, 0.15) is 24.8 Å². The van der Waals surface area contributed by atoms with Gasteiger partial charge in [-0.1, -0.05) is 0 Å². The Morgan fingerprint density at radius 1 is 1.47 bits per heavy atom. The lowest BCUT2D eigenvalue weighted by atomic mass is 10.1. The van der Waals surface area contributed by atoms with Gasteiger partial charge in [-0.15, -0.1) is 0 Å². The molecule has 1 aromatic carbocycles. The van der Waals surface area contributed by atoms with Gasteiger partial charge >= 0.3 is 5.97 Å². The van der Waals surface area contributed by atoms with Crippen molar-refractivity contribution in [1.82, 2.24) is 4.90 Å². The molecule has 0 aliphatic carbocycles. The molecule has 0 bridgehead atoms. The number of likely N-dealkylation sites (tertiary alicyclic amines) is 1. The highest BCUT2D eigenvalue weighted by atomic mass is 79.9. The molecule has 19 heavy (non-hydrogen) atoms. The maximum Gasteiger partial charge on any atom is 0.304 e. The molecule has 1 aliphatic heterocycles. The fourth-order valence-corrected chi connectivity index (χ4v) is 2.82. The van der Waals surface area contributed by atoms with Crippen LogP contribution in [0.3, 0.4) is 0 Å². The highest BCUT2D eigenvalue weighted by Gasteiger charge is 2.28. The number of nitrogens with zero attached hydrogens (tertiary/aromatic N) is 1. The number of hydrogen-bond acceptors (Lipinski definition) is 2. The van der Waals surface area contributed by atoms with Crippen LogP contribution in [0.25, 0.3) is 0 Å². The average Bonchev–Trinajstić information content (AvgIpc) is 2.76. The van der Waals surface area contributed by atoms with E-state index in [0.717, 1.165) is 12.8 Å². The molecule has 6 heteroatoms. The molecule has 0 radical (unpaired) electrons. The maximum atomic E-state index is 13.9. The average molecular weight is 334 g/mol. The monoisotopic (exact) mass is 333 g/mol. The van der Waals surface area contributed by atoms with Crippen LogP contribution in [0.2, 0.25) is 0 Å². The zero-order valence-electron chi connectivity index (χ0n) is 10.2. The van der Waals surface area contributed by atoms with E-state index in [1.54, 1.807) is 0 Å². The van der Waals surface area contributed by atoms with Gasteiger partial charge in [-0.3, -0.25) is 9.69 Å². The Bertz CT molecular complexity index is 496. The van der Waals surface area contributed by atoms with Gasteiger partial charge in [-0.25, -0.2) is 8.78 Å². The molecule has 1 N–H and O–H groups in total. The SMILES string of the molecule is O=C(O)CC1CCCN1Cc1c(F)ccc(Br)c1F. The van der Waals surface area contributed by atoms with Gasteiger partial charge in [0.25, 0.3) is 0 Å². The first-order valence-corrected chi connectivity index (χ1v) is 6.86. The summed E-state index contributed by atoms with van der Waals surface area (Å²) in [5, 5.41) is 8.83. The first-order chi connectivity index (χ1) is 8.99. The van der Waals surface area contributed by atoms with Gasteiger partial charge in [-0.2, -0.15) is 0 Å². The normalized spacial score (nSPS) is 19.8. The summed E-state index contributed by atoms with van der Waals surface area (Å²) in [6.45, 7) is 0.776. The smallest absolute Gasteiger partial charge is 0.304 e. The van der Waals surface area contributed by atoms with Crippen LogP contribution in [0.15, 0.2) is 16.6 Å². The van der Waals surface area contributed by atoms with Crippen molar-refractivity contribution in [3.8, 4) is 0 Å². The van der Waals surface area contributed by atoms with Crippen LogP contribution in [0.4, 0.5) is 8.78 Å². The summed E-state index contributed by atoms with van der Waals surface area (Å²) in [5.41, 5.74) is -0.00772. The van der Waals surface area contributed by atoms with E-state index in [2.05, 4.69) is 15.9 Å². The van der Waals surface area contributed by atoms with Crippen molar-refractivity contribution in [3.05, 3.63) is 33.8 Å². The number of carboxylic acids is 1. The van der Waals surface area contributed by atoms with Gasteiger partial charge in [0.05, 0.1) is 10.9 Å². The van der Waals surface area contributed by atoms with Gasteiger partial charge in [-0.05, 0) is 47.4 Å². The minimum Gasteiger partial charge on any atom is -0.481 e. The van der Waals surface area contributed by atoms with Crippen molar-refractivity contribution >= 4 is 21.9 Å². The Morgan fingerprint density at radius 2 is 2.21 bits per heavy atom. The van der Waals surface area contributed by atoms with Crippen molar-refractivity contribution in [2.45, 2.75) is 31.8 Å².